The fourth-order valence-electron chi connectivity index (χ4n) is 15.1. The van der Waals surface area contributed by atoms with Gasteiger partial charge in [-0.15, -0.1) is 0 Å². The van der Waals surface area contributed by atoms with Crippen molar-refractivity contribution in [2.75, 3.05) is 0 Å². The molecule has 3 unspecified atom stereocenters. The van der Waals surface area contributed by atoms with Crippen molar-refractivity contribution >= 4 is 26.2 Å². The number of unbranched alkanes of at least 4 members (excludes halogenated alkanes) is 2. The first kappa shape index (κ1) is 37.0. The maximum Gasteiger partial charge on any atom is 0.147 e. The summed E-state index contributed by atoms with van der Waals surface area (Å²) in [5.41, 5.74) is 7.17. The smallest absolute Gasteiger partial charge is 0.147 e. The van der Waals surface area contributed by atoms with Crippen LogP contribution in [0.2, 0.25) is 16.8 Å². The molecule has 3 atom stereocenters. The molecule has 6 aliphatic carbocycles. The number of aromatic nitrogens is 1. The number of furan rings is 1. The molecule has 4 saturated carbocycles. The Morgan fingerprint density at radius 2 is 1.63 bits per heavy atom. The highest BCUT2D eigenvalue weighted by Gasteiger charge is 2.88. The van der Waals surface area contributed by atoms with E-state index >= 15 is 0 Å². The number of rotatable bonds is 15. The summed E-state index contributed by atoms with van der Waals surface area (Å²) >= 11 is 0. The van der Waals surface area contributed by atoms with Crippen LogP contribution in [-0.4, -0.2) is 19.1 Å². The Hall–Kier alpha value is -2.61. The molecular weight excluding hydrogens is 652 g/mol. The number of hydrogen-bond acceptors (Lipinski definition) is 1. The molecule has 0 N–H and O–H groups in total. The second-order valence-corrected chi connectivity index (χ2v) is 19.4. The number of hydrogen-bond donors (Lipinski definition) is 0. The first-order chi connectivity index (χ1) is 26.4. The molecule has 2 radical (unpaired) electrons. The minimum atomic E-state index is -0.377. The number of fused-ring (bicyclic) bond motifs is 1. The summed E-state index contributed by atoms with van der Waals surface area (Å²) in [6, 6.07) is 16.4. The summed E-state index contributed by atoms with van der Waals surface area (Å²) < 4.78 is 10.6. The Balaban J connectivity index is 1.37. The minimum absolute atomic E-state index is 0.129. The summed E-state index contributed by atoms with van der Waals surface area (Å²) in [5.74, 6) is 5.09. The highest BCUT2D eigenvalue weighted by Crippen LogP contribution is 2.93. The van der Waals surface area contributed by atoms with Crippen LogP contribution in [0.3, 0.4) is 0 Å². The lowest BCUT2D eigenvalue weighted by Crippen LogP contribution is -2.58. The molecule has 7 aliphatic rings. The Morgan fingerprint density at radius 3 is 2.35 bits per heavy atom. The van der Waals surface area contributed by atoms with Gasteiger partial charge in [-0.25, -0.2) is 0 Å². The Labute approximate surface area is 329 Å². The van der Waals surface area contributed by atoms with Crippen molar-refractivity contribution in [3.63, 3.8) is 0 Å². The predicted octanol–water partition coefficient (Wildman–Crippen LogP) is 13.6. The predicted molar refractivity (Wildman–Crippen MR) is 230 cm³/mol. The highest BCUT2D eigenvalue weighted by molar-refractivity contribution is 6.88. The lowest BCUT2D eigenvalue weighted by molar-refractivity contribution is -0.0989. The molecule has 2 aromatic heterocycles. The molecule has 2 nitrogen and oxygen atoms in total. The van der Waals surface area contributed by atoms with Crippen LogP contribution in [0.5, 0.6) is 0 Å². The molecule has 1 aliphatic heterocycles. The van der Waals surface area contributed by atoms with Crippen molar-refractivity contribution in [2.24, 2.45) is 23.2 Å². The summed E-state index contributed by atoms with van der Waals surface area (Å²) in [7, 11) is 8.67. The van der Waals surface area contributed by atoms with Crippen LogP contribution >= 0.6 is 0 Å². The number of benzene rings is 1. The van der Waals surface area contributed by atoms with Gasteiger partial charge in [-0.05, 0) is 142 Å². The van der Waals surface area contributed by atoms with Gasteiger partial charge in [0.2, 0.25) is 0 Å². The van der Waals surface area contributed by atoms with Crippen molar-refractivity contribution < 1.29 is 4.42 Å². The SMILES string of the molecule is [B]C1(Cc2ccccc2)B(CCCCC)C1(C12CC3CC(CC(C3)C1)C2)C(CCC)(c1oc(CCC)c2c1CC=C2)n1cccc1C1=CCCCCCC1. The van der Waals surface area contributed by atoms with Crippen LogP contribution in [0.25, 0.3) is 11.6 Å². The largest absolute Gasteiger partial charge is 0.463 e. The van der Waals surface area contributed by atoms with Crippen molar-refractivity contribution in [1.29, 1.82) is 0 Å². The molecule has 10 rings (SSSR count). The molecule has 5 fully saturated rings. The van der Waals surface area contributed by atoms with E-state index < -0.39 is 0 Å². The zero-order valence-corrected chi connectivity index (χ0v) is 34.1. The Bertz CT molecular complexity index is 1810. The van der Waals surface area contributed by atoms with Crippen LogP contribution in [-0.2, 0) is 24.8 Å². The lowest BCUT2D eigenvalue weighted by Gasteiger charge is -2.66. The van der Waals surface area contributed by atoms with E-state index in [0.29, 0.717) is 6.71 Å². The van der Waals surface area contributed by atoms with Crippen molar-refractivity contribution in [3.8, 4) is 0 Å². The summed E-state index contributed by atoms with van der Waals surface area (Å²) in [6.45, 7) is 7.61. The van der Waals surface area contributed by atoms with Crippen LogP contribution in [0, 0.1) is 23.2 Å². The zero-order valence-electron chi connectivity index (χ0n) is 34.1. The van der Waals surface area contributed by atoms with E-state index in [1.165, 1.54) is 137 Å². The Kier molecular flexibility index (Phi) is 10.1. The molecule has 3 heterocycles. The van der Waals surface area contributed by atoms with Crippen LogP contribution < -0.4 is 0 Å². The van der Waals surface area contributed by atoms with E-state index in [0.717, 1.165) is 56.3 Å². The lowest BCUT2D eigenvalue weighted by atomic mass is 9.35. The third-order valence-electron chi connectivity index (χ3n) is 16.2. The van der Waals surface area contributed by atoms with Gasteiger partial charge < -0.3 is 8.98 Å². The second kappa shape index (κ2) is 14.7. The maximum absolute atomic E-state index is 8.67. The zero-order chi connectivity index (χ0) is 37.0. The first-order valence-corrected chi connectivity index (χ1v) is 23.0. The van der Waals surface area contributed by atoms with Crippen molar-refractivity contribution in [3.05, 3.63) is 94.7 Å². The van der Waals surface area contributed by atoms with E-state index in [2.05, 4.69) is 92.2 Å². The average molecular weight is 720 g/mol. The summed E-state index contributed by atoms with van der Waals surface area (Å²) in [6.07, 6.45) is 37.4. The van der Waals surface area contributed by atoms with Gasteiger partial charge >= 0.3 is 0 Å². The normalized spacial score (nSPS) is 32.3. The van der Waals surface area contributed by atoms with Gasteiger partial charge in [-0.1, -0.05) is 119 Å². The fourth-order valence-corrected chi connectivity index (χ4v) is 15.1. The topological polar surface area (TPSA) is 18.1 Å². The molecule has 1 aromatic carbocycles. The van der Waals surface area contributed by atoms with Gasteiger partial charge in [0.05, 0.1) is 7.85 Å². The third-order valence-corrected chi connectivity index (χ3v) is 16.2. The molecule has 284 valence electrons. The molecule has 4 heteroatoms. The number of nitrogens with zero attached hydrogens (tertiary/aromatic N) is 1. The van der Waals surface area contributed by atoms with Gasteiger partial charge in [-0.2, -0.15) is 0 Å². The average Bonchev–Trinajstić information content (AvgIpc) is 3.68. The maximum atomic E-state index is 8.67. The molecule has 0 spiro atoms. The van der Waals surface area contributed by atoms with E-state index in [9.17, 15) is 0 Å². The monoisotopic (exact) mass is 720 g/mol. The molecule has 0 amide bonds. The number of allylic oxidation sites excluding steroid dienone is 3. The fraction of sp³-hybridized carbons (Fsp3) is 0.640. The van der Waals surface area contributed by atoms with Crippen LogP contribution in [0.4, 0.5) is 0 Å². The molecular formula is C50H67B2NO. The van der Waals surface area contributed by atoms with Crippen LogP contribution in [0.1, 0.15) is 170 Å². The van der Waals surface area contributed by atoms with Gasteiger partial charge in [0.25, 0.3) is 0 Å². The highest BCUT2D eigenvalue weighted by atomic mass is 16.3. The second-order valence-electron chi connectivity index (χ2n) is 19.4. The molecule has 1 saturated heterocycles. The van der Waals surface area contributed by atoms with Crippen molar-refractivity contribution in [2.45, 2.75) is 178 Å². The third kappa shape index (κ3) is 5.55. The van der Waals surface area contributed by atoms with E-state index in [4.69, 9.17) is 12.3 Å². The van der Waals surface area contributed by atoms with E-state index in [1.807, 2.05) is 0 Å². The summed E-state index contributed by atoms with van der Waals surface area (Å²) in [5, 5.41) is -0.466. The van der Waals surface area contributed by atoms with Gasteiger partial charge in [0, 0.05) is 29.4 Å². The summed E-state index contributed by atoms with van der Waals surface area (Å²) in [4.78, 5) is 0. The standard InChI is InChI=1S/C50H67B2NO/c1-4-7-16-28-52-49(51,36-37-20-12-11-13-21-37)50(52,47-33-38-30-39(34-47)32-40(31-38)35-47)48(27-6-3,46-43-25-17-24-42(43)45(54-46)19-5-2)53-29-18-26-44(53)41-22-14-9-8-10-15-23-41/h11-13,17-18,20-22,24,26,29,38-40H,4-10,14-16,19,23,25,27-28,30-36H2,1-3H3. The Morgan fingerprint density at radius 1 is 0.870 bits per heavy atom. The van der Waals surface area contributed by atoms with Gasteiger partial charge in [0.1, 0.15) is 23.8 Å². The van der Waals surface area contributed by atoms with E-state index in [-0.39, 0.29) is 21.5 Å². The minimum Gasteiger partial charge on any atom is -0.463 e. The van der Waals surface area contributed by atoms with Crippen molar-refractivity contribution in [1.82, 2.24) is 4.57 Å². The first-order valence-electron chi connectivity index (χ1n) is 23.0. The molecule has 54 heavy (non-hydrogen) atoms. The number of aryl methyl sites for hydroxylation is 1. The van der Waals surface area contributed by atoms with Gasteiger partial charge in [-0.3, -0.25) is 0 Å². The van der Waals surface area contributed by atoms with Crippen LogP contribution in [0.15, 0.2) is 65.2 Å². The molecule has 4 bridgehead atoms. The quantitative estimate of drug-likeness (QED) is 0.113. The molecule has 3 aromatic rings. The van der Waals surface area contributed by atoms with Gasteiger partial charge in [0.15, 0.2) is 0 Å². The van der Waals surface area contributed by atoms with E-state index in [1.54, 1.807) is 5.57 Å².